The number of amides is 1. The van der Waals surface area contributed by atoms with Crippen molar-refractivity contribution < 1.29 is 4.79 Å². The Hall–Kier alpha value is -1.43. The molecular formula is C9H15N5O. The van der Waals surface area contributed by atoms with E-state index in [0.717, 1.165) is 25.9 Å². The van der Waals surface area contributed by atoms with Gasteiger partial charge in [0.25, 0.3) is 5.91 Å². The van der Waals surface area contributed by atoms with Crippen LogP contribution in [0, 0.1) is 0 Å². The van der Waals surface area contributed by atoms with E-state index in [9.17, 15) is 4.79 Å². The van der Waals surface area contributed by atoms with Gasteiger partial charge in [-0.25, -0.2) is 0 Å². The summed E-state index contributed by atoms with van der Waals surface area (Å²) < 4.78 is 0. The molecule has 0 atom stereocenters. The molecule has 1 aliphatic rings. The highest BCUT2D eigenvalue weighted by Gasteiger charge is 2.29. The molecule has 0 spiro atoms. The highest BCUT2D eigenvalue weighted by atomic mass is 16.2. The van der Waals surface area contributed by atoms with Crippen molar-refractivity contribution in [3.05, 3.63) is 11.9 Å². The fourth-order valence-corrected chi connectivity index (χ4v) is 1.75. The van der Waals surface area contributed by atoms with Crippen LogP contribution in [0.25, 0.3) is 0 Å². The van der Waals surface area contributed by atoms with Crippen LogP contribution in [0.5, 0.6) is 0 Å². The predicted octanol–water partition coefficient (Wildman–Crippen LogP) is -0.323. The maximum Gasteiger partial charge on any atom is 0.273 e. The van der Waals surface area contributed by atoms with E-state index in [1.54, 1.807) is 0 Å². The molecular weight excluding hydrogens is 194 g/mol. The minimum Gasteiger partial charge on any atom is -0.345 e. The quantitative estimate of drug-likeness (QED) is 0.623. The number of nitrogens with zero attached hydrogens (tertiary/aromatic N) is 2. The van der Waals surface area contributed by atoms with Crippen LogP contribution in [0.2, 0.25) is 0 Å². The third-order valence-electron chi connectivity index (χ3n) is 2.77. The number of nitrogens with one attached hydrogen (secondary N) is 3. The summed E-state index contributed by atoms with van der Waals surface area (Å²) in [5.41, 5.74) is 0.219. The van der Waals surface area contributed by atoms with E-state index < -0.39 is 0 Å². The first kappa shape index (κ1) is 10.1. The number of hydrogen-bond acceptors (Lipinski definition) is 4. The number of carbonyl (C=O) groups excluding carboxylic acids is 1. The van der Waals surface area contributed by atoms with Gasteiger partial charge in [0.05, 0.1) is 6.20 Å². The number of carbonyl (C=O) groups is 1. The van der Waals surface area contributed by atoms with Crippen LogP contribution >= 0.6 is 0 Å². The molecule has 3 N–H and O–H groups in total. The van der Waals surface area contributed by atoms with Crippen molar-refractivity contribution in [2.75, 3.05) is 13.1 Å². The van der Waals surface area contributed by atoms with E-state index in [1.165, 1.54) is 6.20 Å². The molecule has 0 bridgehead atoms. The van der Waals surface area contributed by atoms with Gasteiger partial charge < -0.3 is 10.6 Å². The van der Waals surface area contributed by atoms with Gasteiger partial charge in [-0.05, 0) is 32.9 Å². The van der Waals surface area contributed by atoms with Crippen molar-refractivity contribution >= 4 is 5.91 Å². The molecule has 0 aliphatic carbocycles. The predicted molar refractivity (Wildman–Crippen MR) is 54.4 cm³/mol. The van der Waals surface area contributed by atoms with Crippen LogP contribution in [0.15, 0.2) is 6.20 Å². The zero-order valence-corrected chi connectivity index (χ0v) is 8.71. The highest BCUT2D eigenvalue weighted by Crippen LogP contribution is 2.17. The molecule has 1 saturated heterocycles. The minimum atomic E-state index is -0.159. The second-order valence-corrected chi connectivity index (χ2v) is 4.12. The summed E-state index contributed by atoms with van der Waals surface area (Å²) in [6.07, 6.45) is 3.31. The van der Waals surface area contributed by atoms with Crippen molar-refractivity contribution in [1.29, 1.82) is 0 Å². The van der Waals surface area contributed by atoms with Crippen LogP contribution < -0.4 is 10.6 Å². The molecule has 0 saturated carbocycles. The fourth-order valence-electron chi connectivity index (χ4n) is 1.75. The summed E-state index contributed by atoms with van der Waals surface area (Å²) in [6.45, 7) is 3.94. The molecule has 1 fully saturated rings. The molecule has 0 radical (unpaired) electrons. The average molecular weight is 209 g/mol. The summed E-state index contributed by atoms with van der Waals surface area (Å²) in [7, 11) is 0. The topological polar surface area (TPSA) is 82.7 Å². The molecule has 15 heavy (non-hydrogen) atoms. The second-order valence-electron chi connectivity index (χ2n) is 4.12. The summed E-state index contributed by atoms with van der Waals surface area (Å²) in [6, 6.07) is 0. The molecule has 1 amide bonds. The van der Waals surface area contributed by atoms with E-state index in [2.05, 4.69) is 33.0 Å². The van der Waals surface area contributed by atoms with Crippen molar-refractivity contribution in [2.24, 2.45) is 0 Å². The van der Waals surface area contributed by atoms with Crippen LogP contribution in [-0.2, 0) is 0 Å². The molecule has 1 aromatic heterocycles. The maximum absolute atomic E-state index is 11.7. The lowest BCUT2D eigenvalue weighted by molar-refractivity contribution is 0.0882. The Morgan fingerprint density at radius 3 is 2.87 bits per heavy atom. The third-order valence-corrected chi connectivity index (χ3v) is 2.77. The lowest BCUT2D eigenvalue weighted by Gasteiger charge is -2.34. The van der Waals surface area contributed by atoms with Crippen LogP contribution in [0.4, 0.5) is 0 Å². The molecule has 6 nitrogen and oxygen atoms in total. The number of H-pyrrole nitrogens is 1. The maximum atomic E-state index is 11.7. The van der Waals surface area contributed by atoms with Crippen LogP contribution in [0.1, 0.15) is 30.3 Å². The molecule has 2 heterocycles. The third kappa shape index (κ3) is 2.33. The first-order chi connectivity index (χ1) is 7.20. The molecule has 0 unspecified atom stereocenters. The molecule has 1 aromatic rings. The SMILES string of the molecule is CC1(NC(=O)c2cn[nH]n2)CCNCC1. The van der Waals surface area contributed by atoms with E-state index in [4.69, 9.17) is 0 Å². The Labute approximate surface area is 87.8 Å². The first-order valence-corrected chi connectivity index (χ1v) is 5.09. The lowest BCUT2D eigenvalue weighted by atomic mass is 9.90. The smallest absolute Gasteiger partial charge is 0.273 e. The Morgan fingerprint density at radius 1 is 1.53 bits per heavy atom. The minimum absolute atomic E-state index is 0.124. The molecule has 2 rings (SSSR count). The average Bonchev–Trinajstić information content (AvgIpc) is 2.70. The summed E-state index contributed by atoms with van der Waals surface area (Å²) >= 11 is 0. The number of piperidine rings is 1. The summed E-state index contributed by atoms with van der Waals surface area (Å²) in [4.78, 5) is 11.7. The van der Waals surface area contributed by atoms with Gasteiger partial charge >= 0.3 is 0 Å². The van der Waals surface area contributed by atoms with Crippen molar-refractivity contribution in [3.8, 4) is 0 Å². The number of hydrogen-bond donors (Lipinski definition) is 3. The second kappa shape index (κ2) is 3.98. The van der Waals surface area contributed by atoms with Gasteiger partial charge in [-0.1, -0.05) is 0 Å². The van der Waals surface area contributed by atoms with Crippen molar-refractivity contribution in [3.63, 3.8) is 0 Å². The van der Waals surface area contributed by atoms with Gasteiger partial charge in [-0.3, -0.25) is 4.79 Å². The largest absolute Gasteiger partial charge is 0.345 e. The van der Waals surface area contributed by atoms with E-state index >= 15 is 0 Å². The van der Waals surface area contributed by atoms with E-state index in [0.29, 0.717) is 5.69 Å². The Morgan fingerprint density at radius 2 is 2.27 bits per heavy atom. The van der Waals surface area contributed by atoms with E-state index in [1.807, 2.05) is 0 Å². The number of aromatic amines is 1. The van der Waals surface area contributed by atoms with Crippen LogP contribution in [0.3, 0.4) is 0 Å². The molecule has 6 heteroatoms. The molecule has 1 aliphatic heterocycles. The Balaban J connectivity index is 1.98. The zero-order valence-electron chi connectivity index (χ0n) is 8.71. The zero-order chi connectivity index (χ0) is 10.7. The molecule has 82 valence electrons. The normalized spacial score (nSPS) is 19.8. The van der Waals surface area contributed by atoms with Crippen molar-refractivity contribution in [1.82, 2.24) is 26.0 Å². The number of rotatable bonds is 2. The Bertz CT molecular complexity index is 328. The molecule has 0 aromatic carbocycles. The number of aromatic nitrogens is 3. The summed E-state index contributed by atoms with van der Waals surface area (Å²) in [5.74, 6) is -0.159. The van der Waals surface area contributed by atoms with Gasteiger partial charge in [-0.2, -0.15) is 15.4 Å². The van der Waals surface area contributed by atoms with Gasteiger partial charge in [0.15, 0.2) is 5.69 Å². The highest BCUT2D eigenvalue weighted by molar-refractivity contribution is 5.92. The van der Waals surface area contributed by atoms with Crippen LogP contribution in [-0.4, -0.2) is 39.9 Å². The summed E-state index contributed by atoms with van der Waals surface area (Å²) in [5, 5.41) is 16.0. The monoisotopic (exact) mass is 209 g/mol. The van der Waals surface area contributed by atoms with Gasteiger partial charge in [0.1, 0.15) is 0 Å². The fraction of sp³-hybridized carbons (Fsp3) is 0.667. The Kier molecular flexibility index (Phi) is 2.68. The first-order valence-electron chi connectivity index (χ1n) is 5.09. The van der Waals surface area contributed by atoms with Gasteiger partial charge in [0.2, 0.25) is 0 Å². The van der Waals surface area contributed by atoms with E-state index in [-0.39, 0.29) is 11.4 Å². The van der Waals surface area contributed by atoms with Gasteiger partial charge in [-0.15, -0.1) is 0 Å². The van der Waals surface area contributed by atoms with Crippen molar-refractivity contribution in [2.45, 2.75) is 25.3 Å². The lowest BCUT2D eigenvalue weighted by Crippen LogP contribution is -2.52. The van der Waals surface area contributed by atoms with Gasteiger partial charge in [0, 0.05) is 5.54 Å². The standard InChI is InChI=1S/C9H15N5O/c1-9(2-4-10-5-3-9)12-8(15)7-6-11-14-13-7/h6,10H,2-5H2,1H3,(H,12,15)(H,11,13,14).